The van der Waals surface area contributed by atoms with Crippen LogP contribution in [0, 0.1) is 5.92 Å². The SMILES string of the molecule is CCN(CC1CCN(C(=NC)NCC(C)Oc2ccccc2OC)C1)CC(F)(F)F. The van der Waals surface area contributed by atoms with E-state index in [-0.39, 0.29) is 12.0 Å². The third-order valence-corrected chi connectivity index (χ3v) is 5.11. The molecule has 1 heterocycles. The van der Waals surface area contributed by atoms with Crippen molar-refractivity contribution in [1.29, 1.82) is 0 Å². The van der Waals surface area contributed by atoms with E-state index >= 15 is 0 Å². The van der Waals surface area contributed by atoms with Crippen LogP contribution < -0.4 is 14.8 Å². The molecule has 0 saturated carbocycles. The molecule has 2 rings (SSSR count). The number of aliphatic imine (C=N–C) groups is 1. The first-order chi connectivity index (χ1) is 14.3. The fraction of sp³-hybridized carbons (Fsp3) is 0.667. The van der Waals surface area contributed by atoms with Gasteiger partial charge in [0.25, 0.3) is 0 Å². The highest BCUT2D eigenvalue weighted by Crippen LogP contribution is 2.26. The maximum atomic E-state index is 12.7. The van der Waals surface area contributed by atoms with Crippen LogP contribution in [0.1, 0.15) is 20.3 Å². The summed E-state index contributed by atoms with van der Waals surface area (Å²) in [5, 5.41) is 3.31. The molecule has 1 aliphatic rings. The Hall–Kier alpha value is -2.16. The molecule has 9 heteroatoms. The van der Waals surface area contributed by atoms with E-state index in [4.69, 9.17) is 9.47 Å². The first kappa shape index (κ1) is 24.1. The van der Waals surface area contributed by atoms with Crippen molar-refractivity contribution in [2.75, 3.05) is 53.4 Å². The number of rotatable bonds is 9. The van der Waals surface area contributed by atoms with Gasteiger partial charge < -0.3 is 19.7 Å². The second-order valence-electron chi connectivity index (χ2n) is 7.55. The summed E-state index contributed by atoms with van der Waals surface area (Å²) in [4.78, 5) is 7.90. The first-order valence-corrected chi connectivity index (χ1v) is 10.3. The van der Waals surface area contributed by atoms with Crippen LogP contribution in [0.5, 0.6) is 11.5 Å². The molecule has 0 aliphatic carbocycles. The number of methoxy groups -OCH3 is 1. The van der Waals surface area contributed by atoms with E-state index in [0.29, 0.717) is 37.7 Å². The van der Waals surface area contributed by atoms with Crippen molar-refractivity contribution < 1.29 is 22.6 Å². The van der Waals surface area contributed by atoms with Crippen LogP contribution >= 0.6 is 0 Å². The third kappa shape index (κ3) is 7.59. The van der Waals surface area contributed by atoms with Crippen LogP contribution in [0.2, 0.25) is 0 Å². The van der Waals surface area contributed by atoms with Gasteiger partial charge in [0.15, 0.2) is 17.5 Å². The van der Waals surface area contributed by atoms with Crippen molar-refractivity contribution in [2.24, 2.45) is 10.9 Å². The summed E-state index contributed by atoms with van der Waals surface area (Å²) in [7, 11) is 3.31. The smallest absolute Gasteiger partial charge is 0.401 e. The zero-order chi connectivity index (χ0) is 22.1. The lowest BCUT2D eigenvalue weighted by atomic mass is 10.1. The molecule has 30 heavy (non-hydrogen) atoms. The van der Waals surface area contributed by atoms with Gasteiger partial charge in [-0.05, 0) is 37.9 Å². The molecular formula is C21H33F3N4O2. The van der Waals surface area contributed by atoms with Crippen LogP contribution in [0.15, 0.2) is 29.3 Å². The largest absolute Gasteiger partial charge is 0.493 e. The molecule has 2 unspecified atom stereocenters. The minimum atomic E-state index is -4.16. The maximum Gasteiger partial charge on any atom is 0.401 e. The second-order valence-corrected chi connectivity index (χ2v) is 7.55. The zero-order valence-electron chi connectivity index (χ0n) is 18.2. The van der Waals surface area contributed by atoms with Gasteiger partial charge in [-0.3, -0.25) is 9.89 Å². The summed E-state index contributed by atoms with van der Waals surface area (Å²) in [5.41, 5.74) is 0. The number of para-hydroxylation sites is 2. The van der Waals surface area contributed by atoms with E-state index < -0.39 is 12.7 Å². The molecule has 170 valence electrons. The van der Waals surface area contributed by atoms with Crippen LogP contribution in [0.25, 0.3) is 0 Å². The highest BCUT2D eigenvalue weighted by atomic mass is 19.4. The standard InChI is InChI=1S/C21H33F3N4O2/c1-5-27(15-21(22,23)24)13-17-10-11-28(14-17)20(25-3)26-12-16(2)30-19-9-7-6-8-18(19)29-4/h6-9,16-17H,5,10-15H2,1-4H3,(H,25,26). The Kier molecular flexibility index (Phi) is 9.08. The minimum Gasteiger partial charge on any atom is -0.493 e. The van der Waals surface area contributed by atoms with Gasteiger partial charge in [0.1, 0.15) is 6.10 Å². The average molecular weight is 431 g/mol. The molecule has 1 aromatic rings. The molecule has 1 saturated heterocycles. The summed E-state index contributed by atoms with van der Waals surface area (Å²) in [6.45, 7) is 5.70. The number of benzene rings is 1. The van der Waals surface area contributed by atoms with Crippen molar-refractivity contribution in [3.05, 3.63) is 24.3 Å². The number of guanidine groups is 1. The quantitative estimate of drug-likeness (QED) is 0.482. The van der Waals surface area contributed by atoms with Gasteiger partial charge >= 0.3 is 6.18 Å². The van der Waals surface area contributed by atoms with Crippen LogP contribution in [-0.4, -0.2) is 81.5 Å². The molecule has 1 N–H and O–H groups in total. The number of nitrogens with zero attached hydrogens (tertiary/aromatic N) is 3. The molecule has 0 spiro atoms. The Bertz CT molecular complexity index is 684. The summed E-state index contributed by atoms with van der Waals surface area (Å²) >= 11 is 0. The Morgan fingerprint density at radius 3 is 2.63 bits per heavy atom. The van der Waals surface area contributed by atoms with Crippen molar-refractivity contribution in [2.45, 2.75) is 32.5 Å². The summed E-state index contributed by atoms with van der Waals surface area (Å²) in [6.07, 6.45) is -3.44. The Morgan fingerprint density at radius 2 is 2.03 bits per heavy atom. The van der Waals surface area contributed by atoms with Crippen molar-refractivity contribution >= 4 is 5.96 Å². The Balaban J connectivity index is 1.82. The number of hydrogen-bond donors (Lipinski definition) is 1. The molecule has 1 aromatic carbocycles. The van der Waals surface area contributed by atoms with Crippen molar-refractivity contribution in [1.82, 2.24) is 15.1 Å². The predicted molar refractivity (Wildman–Crippen MR) is 112 cm³/mol. The molecule has 0 amide bonds. The van der Waals surface area contributed by atoms with Gasteiger partial charge in [0.2, 0.25) is 0 Å². The molecule has 0 bridgehead atoms. The Morgan fingerprint density at radius 1 is 1.33 bits per heavy atom. The van der Waals surface area contributed by atoms with Crippen molar-refractivity contribution in [3.8, 4) is 11.5 Å². The molecule has 1 fully saturated rings. The van der Waals surface area contributed by atoms with E-state index in [9.17, 15) is 13.2 Å². The predicted octanol–water partition coefficient (Wildman–Crippen LogP) is 3.24. The fourth-order valence-electron chi connectivity index (χ4n) is 3.64. The van der Waals surface area contributed by atoms with Gasteiger partial charge in [-0.2, -0.15) is 13.2 Å². The molecule has 1 aliphatic heterocycles. The molecule has 0 radical (unpaired) electrons. The first-order valence-electron chi connectivity index (χ1n) is 10.3. The van der Waals surface area contributed by atoms with Crippen LogP contribution in [0.3, 0.4) is 0 Å². The number of halogens is 3. The summed E-state index contributed by atoms with van der Waals surface area (Å²) in [6, 6.07) is 7.47. The second kappa shape index (κ2) is 11.3. The third-order valence-electron chi connectivity index (χ3n) is 5.11. The summed E-state index contributed by atoms with van der Waals surface area (Å²) < 4.78 is 49.4. The number of ether oxygens (including phenoxy) is 2. The number of alkyl halides is 3. The lowest BCUT2D eigenvalue weighted by Crippen LogP contribution is -2.44. The van der Waals surface area contributed by atoms with Crippen LogP contribution in [0.4, 0.5) is 13.2 Å². The highest BCUT2D eigenvalue weighted by molar-refractivity contribution is 5.80. The van der Waals surface area contributed by atoms with E-state index in [2.05, 4.69) is 15.2 Å². The molecule has 6 nitrogen and oxygen atoms in total. The van der Waals surface area contributed by atoms with Gasteiger partial charge in [-0.1, -0.05) is 19.1 Å². The van der Waals surface area contributed by atoms with E-state index in [1.807, 2.05) is 31.2 Å². The Labute approximate surface area is 177 Å². The van der Waals surface area contributed by atoms with E-state index in [1.165, 1.54) is 4.90 Å². The number of hydrogen-bond acceptors (Lipinski definition) is 4. The molecular weight excluding hydrogens is 397 g/mol. The average Bonchev–Trinajstić information content (AvgIpc) is 3.15. The minimum absolute atomic E-state index is 0.126. The van der Waals surface area contributed by atoms with E-state index in [1.54, 1.807) is 21.1 Å². The number of nitrogens with one attached hydrogen (secondary N) is 1. The molecule has 0 aromatic heterocycles. The monoisotopic (exact) mass is 430 g/mol. The van der Waals surface area contributed by atoms with Gasteiger partial charge in [0.05, 0.1) is 20.2 Å². The topological polar surface area (TPSA) is 49.3 Å². The number of likely N-dealkylation sites (tertiary alicyclic amines) is 1. The summed E-state index contributed by atoms with van der Waals surface area (Å²) in [5.74, 6) is 2.28. The maximum absolute atomic E-state index is 12.7. The van der Waals surface area contributed by atoms with E-state index in [0.717, 1.165) is 18.9 Å². The van der Waals surface area contributed by atoms with Gasteiger partial charge in [-0.25, -0.2) is 0 Å². The normalized spacial score (nSPS) is 18.6. The highest BCUT2D eigenvalue weighted by Gasteiger charge is 2.33. The van der Waals surface area contributed by atoms with Gasteiger partial charge in [-0.15, -0.1) is 0 Å². The lowest BCUT2D eigenvalue weighted by molar-refractivity contribution is -0.146. The fourth-order valence-corrected chi connectivity index (χ4v) is 3.64. The van der Waals surface area contributed by atoms with Gasteiger partial charge in [0, 0.05) is 26.7 Å². The lowest BCUT2D eigenvalue weighted by Gasteiger charge is -2.26. The van der Waals surface area contributed by atoms with Crippen molar-refractivity contribution in [3.63, 3.8) is 0 Å². The zero-order valence-corrected chi connectivity index (χ0v) is 18.2. The van der Waals surface area contributed by atoms with Crippen LogP contribution in [-0.2, 0) is 0 Å². The molecule has 2 atom stereocenters.